The van der Waals surface area contributed by atoms with Crippen LogP contribution in [0.25, 0.3) is 0 Å². The molecule has 2 aromatic rings. The molecule has 0 aliphatic heterocycles. The van der Waals surface area contributed by atoms with Crippen LogP contribution in [0.5, 0.6) is 11.5 Å². The van der Waals surface area contributed by atoms with E-state index in [-0.39, 0.29) is 0 Å². The lowest BCUT2D eigenvalue weighted by atomic mass is 10.1. The lowest BCUT2D eigenvalue weighted by Gasteiger charge is -2.09. The van der Waals surface area contributed by atoms with Crippen LogP contribution in [0.3, 0.4) is 0 Å². The van der Waals surface area contributed by atoms with E-state index in [0.29, 0.717) is 22.7 Å². The summed E-state index contributed by atoms with van der Waals surface area (Å²) in [6.45, 7) is 0. The Kier molecular flexibility index (Phi) is 3.68. The van der Waals surface area contributed by atoms with Crippen LogP contribution in [0, 0.1) is 0 Å². The first-order valence-corrected chi connectivity index (χ1v) is 5.68. The van der Waals surface area contributed by atoms with Crippen molar-refractivity contribution in [1.82, 2.24) is 0 Å². The quantitative estimate of drug-likeness (QED) is 0.730. The summed E-state index contributed by atoms with van der Waals surface area (Å²) in [4.78, 5) is 10.7. The van der Waals surface area contributed by atoms with Gasteiger partial charge >= 0.3 is 5.97 Å². The normalized spacial score (nSPS) is 11.8. The van der Waals surface area contributed by atoms with E-state index in [1.54, 1.807) is 48.5 Å². The van der Waals surface area contributed by atoms with Crippen LogP contribution in [-0.2, 0) is 4.79 Å². The van der Waals surface area contributed by atoms with Gasteiger partial charge in [0.15, 0.2) is 0 Å². The smallest absolute Gasteiger partial charge is 0.325 e. The summed E-state index contributed by atoms with van der Waals surface area (Å²) in [6, 6.07) is 12.6. The van der Waals surface area contributed by atoms with Crippen molar-refractivity contribution in [2.75, 3.05) is 5.73 Å². The van der Waals surface area contributed by atoms with Gasteiger partial charge in [0, 0.05) is 5.69 Å². The van der Waals surface area contributed by atoms with Crippen LogP contribution in [0.1, 0.15) is 11.6 Å². The molecule has 19 heavy (non-hydrogen) atoms. The highest BCUT2D eigenvalue weighted by Crippen LogP contribution is 2.23. The fourth-order valence-electron chi connectivity index (χ4n) is 1.56. The van der Waals surface area contributed by atoms with Gasteiger partial charge in [-0.1, -0.05) is 12.1 Å². The maximum Gasteiger partial charge on any atom is 0.325 e. The maximum absolute atomic E-state index is 10.7. The minimum absolute atomic E-state index is 0.525. The largest absolute Gasteiger partial charge is 0.480 e. The van der Waals surface area contributed by atoms with Crippen molar-refractivity contribution in [3.8, 4) is 11.5 Å². The van der Waals surface area contributed by atoms with Gasteiger partial charge in [-0.15, -0.1) is 0 Å². The molecule has 1 atom stereocenters. The Bertz CT molecular complexity index is 564. The summed E-state index contributed by atoms with van der Waals surface area (Å²) in [5, 5.41) is 8.80. The fraction of sp³-hybridized carbons (Fsp3) is 0.0714. The Morgan fingerprint density at radius 1 is 1.00 bits per heavy atom. The number of carbonyl (C=O) groups is 1. The minimum atomic E-state index is -1.06. The summed E-state index contributed by atoms with van der Waals surface area (Å²) >= 11 is 0. The summed E-state index contributed by atoms with van der Waals surface area (Å²) < 4.78 is 5.58. The zero-order chi connectivity index (χ0) is 13.8. The van der Waals surface area contributed by atoms with Crippen LogP contribution in [0.4, 0.5) is 5.69 Å². The second-order valence-electron chi connectivity index (χ2n) is 4.06. The van der Waals surface area contributed by atoms with Gasteiger partial charge in [0.2, 0.25) is 0 Å². The number of aliphatic carboxylic acids is 1. The van der Waals surface area contributed by atoms with E-state index in [1.165, 1.54) is 0 Å². The number of nitrogen functional groups attached to an aromatic ring is 1. The van der Waals surface area contributed by atoms with E-state index in [2.05, 4.69) is 0 Å². The first-order valence-electron chi connectivity index (χ1n) is 5.68. The molecule has 0 aromatic heterocycles. The molecule has 0 spiro atoms. The number of benzene rings is 2. The molecule has 0 aliphatic carbocycles. The Morgan fingerprint density at radius 2 is 1.47 bits per heavy atom. The maximum atomic E-state index is 10.7. The van der Waals surface area contributed by atoms with E-state index in [0.717, 1.165) is 0 Å². The lowest BCUT2D eigenvalue weighted by Crippen LogP contribution is -2.20. The lowest BCUT2D eigenvalue weighted by molar-refractivity contribution is -0.138. The van der Waals surface area contributed by atoms with Crippen LogP contribution in [0.15, 0.2) is 48.5 Å². The molecule has 5 heteroatoms. The van der Waals surface area contributed by atoms with Gasteiger partial charge in [-0.3, -0.25) is 4.79 Å². The number of hydrogen-bond donors (Lipinski definition) is 3. The van der Waals surface area contributed by atoms with Crippen molar-refractivity contribution >= 4 is 11.7 Å². The molecule has 0 bridgehead atoms. The average molecular weight is 258 g/mol. The number of anilines is 1. The molecule has 5 nitrogen and oxygen atoms in total. The topological polar surface area (TPSA) is 98.6 Å². The fourth-order valence-corrected chi connectivity index (χ4v) is 1.56. The van der Waals surface area contributed by atoms with Crippen molar-refractivity contribution in [2.45, 2.75) is 6.04 Å². The first-order chi connectivity index (χ1) is 9.06. The highest BCUT2D eigenvalue weighted by atomic mass is 16.5. The third-order valence-corrected chi connectivity index (χ3v) is 2.62. The molecule has 1 unspecified atom stereocenters. The van der Waals surface area contributed by atoms with Gasteiger partial charge in [0.25, 0.3) is 0 Å². The monoisotopic (exact) mass is 258 g/mol. The zero-order valence-corrected chi connectivity index (χ0v) is 10.1. The molecular formula is C14H14N2O3. The van der Waals surface area contributed by atoms with Gasteiger partial charge in [-0.2, -0.15) is 0 Å². The van der Waals surface area contributed by atoms with Crippen molar-refractivity contribution in [3.63, 3.8) is 0 Å². The van der Waals surface area contributed by atoms with Gasteiger partial charge in [-0.05, 0) is 42.0 Å². The van der Waals surface area contributed by atoms with Gasteiger partial charge < -0.3 is 21.3 Å². The van der Waals surface area contributed by atoms with Crippen LogP contribution in [-0.4, -0.2) is 11.1 Å². The van der Waals surface area contributed by atoms with Crippen molar-refractivity contribution < 1.29 is 14.6 Å². The third kappa shape index (κ3) is 3.23. The van der Waals surface area contributed by atoms with Gasteiger partial charge in [0.05, 0.1) is 0 Å². The minimum Gasteiger partial charge on any atom is -0.480 e. The highest BCUT2D eigenvalue weighted by Gasteiger charge is 2.13. The molecule has 0 amide bonds. The Hall–Kier alpha value is -2.53. The zero-order valence-electron chi connectivity index (χ0n) is 10.1. The predicted molar refractivity (Wildman–Crippen MR) is 71.9 cm³/mol. The summed E-state index contributed by atoms with van der Waals surface area (Å²) in [7, 11) is 0. The van der Waals surface area contributed by atoms with Crippen LogP contribution >= 0.6 is 0 Å². The molecule has 0 fully saturated rings. The number of carboxylic acids is 1. The van der Waals surface area contributed by atoms with Crippen molar-refractivity contribution in [1.29, 1.82) is 0 Å². The van der Waals surface area contributed by atoms with E-state index in [4.69, 9.17) is 21.3 Å². The van der Waals surface area contributed by atoms with E-state index in [9.17, 15) is 4.79 Å². The summed E-state index contributed by atoms with van der Waals surface area (Å²) in [5.74, 6) is 0.197. The van der Waals surface area contributed by atoms with Gasteiger partial charge in [-0.25, -0.2) is 0 Å². The van der Waals surface area contributed by atoms with E-state index >= 15 is 0 Å². The molecule has 0 aliphatic rings. The summed E-state index contributed by atoms with van der Waals surface area (Å²) in [5.41, 5.74) is 12.3. The van der Waals surface area contributed by atoms with Gasteiger partial charge in [0.1, 0.15) is 17.5 Å². The number of ether oxygens (including phenoxy) is 1. The molecule has 2 aromatic carbocycles. The Labute approximate surface area is 110 Å². The third-order valence-electron chi connectivity index (χ3n) is 2.62. The number of carboxylic acid groups (broad SMARTS) is 1. The highest BCUT2D eigenvalue weighted by molar-refractivity contribution is 5.75. The number of nitrogens with two attached hydrogens (primary N) is 2. The molecule has 0 heterocycles. The first kappa shape index (κ1) is 12.9. The van der Waals surface area contributed by atoms with Crippen LogP contribution < -0.4 is 16.2 Å². The van der Waals surface area contributed by atoms with E-state index < -0.39 is 12.0 Å². The second kappa shape index (κ2) is 5.41. The SMILES string of the molecule is Nc1ccc(Oc2ccc(C(N)C(=O)O)cc2)cc1. The second-order valence-corrected chi connectivity index (χ2v) is 4.06. The van der Waals surface area contributed by atoms with Crippen molar-refractivity contribution in [3.05, 3.63) is 54.1 Å². The molecule has 2 rings (SSSR count). The molecule has 0 saturated heterocycles. The molecule has 5 N–H and O–H groups in total. The number of hydrogen-bond acceptors (Lipinski definition) is 4. The molecule has 98 valence electrons. The van der Waals surface area contributed by atoms with Crippen molar-refractivity contribution in [2.24, 2.45) is 5.73 Å². The van der Waals surface area contributed by atoms with E-state index in [1.807, 2.05) is 0 Å². The van der Waals surface area contributed by atoms with Crippen LogP contribution in [0.2, 0.25) is 0 Å². The number of rotatable bonds is 4. The molecule has 0 saturated carbocycles. The molecule has 0 radical (unpaired) electrons. The predicted octanol–water partition coefficient (Wildman–Crippen LogP) is 2.15. The summed E-state index contributed by atoms with van der Waals surface area (Å²) in [6.07, 6.45) is 0. The molecular weight excluding hydrogens is 244 g/mol. The Balaban J connectivity index is 2.10. The standard InChI is InChI=1S/C14H14N2O3/c15-10-3-7-12(8-4-10)19-11-5-1-9(2-6-11)13(16)14(17)18/h1-8,13H,15-16H2,(H,17,18). The Morgan fingerprint density at radius 3 is 1.95 bits per heavy atom. The average Bonchev–Trinajstić information content (AvgIpc) is 2.41.